The van der Waals surface area contributed by atoms with E-state index in [-0.39, 0.29) is 6.04 Å². The fourth-order valence-electron chi connectivity index (χ4n) is 2.45. The van der Waals surface area contributed by atoms with Crippen LogP contribution in [-0.4, -0.2) is 36.2 Å². The van der Waals surface area contributed by atoms with E-state index in [4.69, 9.17) is 22.7 Å². The normalized spacial score (nSPS) is 18.5. The van der Waals surface area contributed by atoms with E-state index in [1.165, 1.54) is 11.1 Å². The molecule has 1 fully saturated rings. The zero-order valence-corrected chi connectivity index (χ0v) is 12.5. The Bertz CT molecular complexity index is 424. The molecule has 2 rings (SSSR count). The Morgan fingerprint density at radius 2 is 1.68 bits per heavy atom. The Kier molecular flexibility index (Phi) is 4.91. The van der Waals surface area contributed by atoms with Crippen molar-refractivity contribution in [3.8, 4) is 0 Å². The Balaban J connectivity index is 2.20. The summed E-state index contributed by atoms with van der Waals surface area (Å²) < 4.78 is 5.39. The monoisotopic (exact) mass is 278 g/mol. The predicted molar refractivity (Wildman–Crippen MR) is 82.4 cm³/mol. The molecule has 1 aromatic carbocycles. The maximum atomic E-state index is 5.95. The van der Waals surface area contributed by atoms with E-state index in [2.05, 4.69) is 43.0 Å². The molecule has 4 heteroatoms. The molecule has 0 radical (unpaired) electrons. The van der Waals surface area contributed by atoms with E-state index in [1.54, 1.807) is 0 Å². The number of morpholine rings is 1. The van der Waals surface area contributed by atoms with Gasteiger partial charge in [-0.15, -0.1) is 0 Å². The molecule has 0 saturated carbocycles. The highest BCUT2D eigenvalue weighted by Crippen LogP contribution is 2.24. The summed E-state index contributed by atoms with van der Waals surface area (Å²) in [7, 11) is 0. The van der Waals surface area contributed by atoms with E-state index in [1.807, 2.05) is 0 Å². The maximum Gasteiger partial charge on any atom is 0.0948 e. The lowest BCUT2D eigenvalue weighted by molar-refractivity contribution is 0.0289. The van der Waals surface area contributed by atoms with Gasteiger partial charge in [0.05, 0.1) is 24.2 Å². The Hall–Kier alpha value is -0.970. The van der Waals surface area contributed by atoms with Crippen molar-refractivity contribution in [3.05, 3.63) is 35.4 Å². The van der Waals surface area contributed by atoms with Gasteiger partial charge < -0.3 is 10.5 Å². The Morgan fingerprint density at radius 3 is 2.16 bits per heavy atom. The molecule has 0 amide bonds. The molecule has 0 bridgehead atoms. The van der Waals surface area contributed by atoms with Gasteiger partial charge in [0.15, 0.2) is 0 Å². The van der Waals surface area contributed by atoms with Crippen molar-refractivity contribution in [2.24, 2.45) is 5.73 Å². The van der Waals surface area contributed by atoms with Gasteiger partial charge in [0.2, 0.25) is 0 Å². The van der Waals surface area contributed by atoms with Crippen molar-refractivity contribution in [1.82, 2.24) is 4.90 Å². The van der Waals surface area contributed by atoms with Crippen LogP contribution >= 0.6 is 12.2 Å². The van der Waals surface area contributed by atoms with Crippen LogP contribution in [0.15, 0.2) is 24.3 Å². The van der Waals surface area contributed by atoms with Crippen molar-refractivity contribution < 1.29 is 4.74 Å². The lowest BCUT2D eigenvalue weighted by Crippen LogP contribution is -2.43. The minimum absolute atomic E-state index is 0.0279. The third kappa shape index (κ3) is 3.53. The molecule has 0 aliphatic carbocycles. The number of hydrogen-bond acceptors (Lipinski definition) is 3. The highest BCUT2D eigenvalue weighted by atomic mass is 32.1. The van der Waals surface area contributed by atoms with Gasteiger partial charge >= 0.3 is 0 Å². The zero-order chi connectivity index (χ0) is 13.8. The van der Waals surface area contributed by atoms with Crippen molar-refractivity contribution in [1.29, 1.82) is 0 Å². The van der Waals surface area contributed by atoms with Gasteiger partial charge in [0.25, 0.3) is 0 Å². The first-order valence-electron chi connectivity index (χ1n) is 6.80. The van der Waals surface area contributed by atoms with E-state index in [0.717, 1.165) is 26.3 Å². The topological polar surface area (TPSA) is 38.5 Å². The number of ether oxygens (including phenoxy) is 1. The van der Waals surface area contributed by atoms with Crippen LogP contribution in [0.5, 0.6) is 0 Å². The molecule has 1 unspecified atom stereocenters. The predicted octanol–water partition coefficient (Wildman–Crippen LogP) is 2.47. The van der Waals surface area contributed by atoms with Crippen LogP contribution in [0.3, 0.4) is 0 Å². The van der Waals surface area contributed by atoms with Gasteiger partial charge in [-0.2, -0.15) is 0 Å². The van der Waals surface area contributed by atoms with Crippen LogP contribution in [0.2, 0.25) is 0 Å². The van der Waals surface area contributed by atoms with Crippen LogP contribution in [-0.2, 0) is 4.74 Å². The first kappa shape index (κ1) is 14.4. The van der Waals surface area contributed by atoms with Crippen molar-refractivity contribution >= 4 is 17.2 Å². The second-order valence-corrected chi connectivity index (χ2v) is 5.75. The van der Waals surface area contributed by atoms with Crippen LogP contribution in [0, 0.1) is 0 Å². The maximum absolute atomic E-state index is 5.95. The molecule has 1 heterocycles. The standard InChI is InChI=1S/C15H22N2OS/c1-11(2)12-3-5-13(6-4-12)14(15(16)19)17-7-9-18-10-8-17/h3-6,11,14H,7-10H2,1-2H3,(H2,16,19). The van der Waals surface area contributed by atoms with Crippen LogP contribution in [0.4, 0.5) is 0 Å². The van der Waals surface area contributed by atoms with E-state index in [0.29, 0.717) is 10.9 Å². The van der Waals surface area contributed by atoms with Gasteiger partial charge in [-0.05, 0) is 17.0 Å². The van der Waals surface area contributed by atoms with Gasteiger partial charge in [0.1, 0.15) is 0 Å². The number of hydrogen-bond donors (Lipinski definition) is 1. The van der Waals surface area contributed by atoms with Gasteiger partial charge in [-0.1, -0.05) is 50.3 Å². The summed E-state index contributed by atoms with van der Waals surface area (Å²) in [6.07, 6.45) is 0. The molecule has 1 aliphatic rings. The van der Waals surface area contributed by atoms with E-state index in [9.17, 15) is 0 Å². The first-order valence-corrected chi connectivity index (χ1v) is 7.21. The third-order valence-electron chi connectivity index (χ3n) is 3.60. The summed E-state index contributed by atoms with van der Waals surface area (Å²) >= 11 is 5.26. The highest BCUT2D eigenvalue weighted by Gasteiger charge is 2.24. The third-order valence-corrected chi connectivity index (χ3v) is 3.82. The number of rotatable bonds is 4. The summed E-state index contributed by atoms with van der Waals surface area (Å²) in [5, 5.41) is 0. The molecule has 1 aromatic rings. The molecule has 1 atom stereocenters. The van der Waals surface area contributed by atoms with E-state index >= 15 is 0 Å². The van der Waals surface area contributed by atoms with Crippen LogP contribution in [0.1, 0.15) is 36.9 Å². The van der Waals surface area contributed by atoms with Crippen molar-refractivity contribution in [2.75, 3.05) is 26.3 Å². The SMILES string of the molecule is CC(C)c1ccc(C(C(N)=S)N2CCOCC2)cc1. The summed E-state index contributed by atoms with van der Waals surface area (Å²) in [5.74, 6) is 0.542. The Labute approximate surface area is 120 Å². The average Bonchev–Trinajstić information content (AvgIpc) is 2.40. The average molecular weight is 278 g/mol. The van der Waals surface area contributed by atoms with Gasteiger partial charge in [0, 0.05) is 13.1 Å². The quantitative estimate of drug-likeness (QED) is 0.859. The summed E-state index contributed by atoms with van der Waals surface area (Å²) in [6, 6.07) is 8.67. The summed E-state index contributed by atoms with van der Waals surface area (Å²) in [5.41, 5.74) is 8.47. The zero-order valence-electron chi connectivity index (χ0n) is 11.6. The lowest BCUT2D eigenvalue weighted by atomic mass is 9.98. The molecule has 104 valence electrons. The van der Waals surface area contributed by atoms with E-state index < -0.39 is 0 Å². The number of nitrogens with zero attached hydrogens (tertiary/aromatic N) is 1. The molecule has 0 spiro atoms. The second kappa shape index (κ2) is 6.46. The van der Waals surface area contributed by atoms with Gasteiger partial charge in [-0.25, -0.2) is 0 Å². The fraction of sp³-hybridized carbons (Fsp3) is 0.533. The minimum atomic E-state index is 0.0279. The van der Waals surface area contributed by atoms with Crippen molar-refractivity contribution in [2.45, 2.75) is 25.8 Å². The minimum Gasteiger partial charge on any atom is -0.392 e. The molecule has 19 heavy (non-hydrogen) atoms. The van der Waals surface area contributed by atoms with Gasteiger partial charge in [-0.3, -0.25) is 4.90 Å². The first-order chi connectivity index (χ1) is 9.09. The molecular weight excluding hydrogens is 256 g/mol. The number of thiocarbonyl (C=S) groups is 1. The second-order valence-electron chi connectivity index (χ2n) is 5.27. The number of benzene rings is 1. The lowest BCUT2D eigenvalue weighted by Gasteiger charge is -2.34. The Morgan fingerprint density at radius 1 is 1.16 bits per heavy atom. The summed E-state index contributed by atoms with van der Waals surface area (Å²) in [6.45, 7) is 7.66. The molecule has 1 saturated heterocycles. The molecular formula is C15H22N2OS. The molecule has 0 aromatic heterocycles. The molecule has 3 nitrogen and oxygen atoms in total. The molecule has 1 aliphatic heterocycles. The molecule has 2 N–H and O–H groups in total. The number of nitrogens with two attached hydrogens (primary N) is 1. The van der Waals surface area contributed by atoms with Crippen LogP contribution < -0.4 is 5.73 Å². The highest BCUT2D eigenvalue weighted by molar-refractivity contribution is 7.80. The fourth-order valence-corrected chi connectivity index (χ4v) is 2.74. The smallest absolute Gasteiger partial charge is 0.0948 e. The van der Waals surface area contributed by atoms with Crippen LogP contribution in [0.25, 0.3) is 0 Å². The van der Waals surface area contributed by atoms with Crippen molar-refractivity contribution in [3.63, 3.8) is 0 Å². The largest absolute Gasteiger partial charge is 0.392 e. The summed E-state index contributed by atoms with van der Waals surface area (Å²) in [4.78, 5) is 2.84.